The van der Waals surface area contributed by atoms with Gasteiger partial charge in [-0.15, -0.1) is 0 Å². The second-order valence-electron chi connectivity index (χ2n) is 5.46. The number of carboxylic acids is 1. The van der Waals surface area contributed by atoms with Gasteiger partial charge in [0.15, 0.2) is 0 Å². The summed E-state index contributed by atoms with van der Waals surface area (Å²) in [6, 6.07) is -1.27. The lowest BCUT2D eigenvalue weighted by Gasteiger charge is -2.32. The fourth-order valence-electron chi connectivity index (χ4n) is 2.28. The Balaban J connectivity index is 2.59. The van der Waals surface area contributed by atoms with E-state index in [1.807, 2.05) is 18.7 Å². The summed E-state index contributed by atoms with van der Waals surface area (Å²) in [4.78, 5) is 36.5. The van der Waals surface area contributed by atoms with Gasteiger partial charge in [-0.3, -0.25) is 14.5 Å². The second-order valence-corrected chi connectivity index (χ2v) is 5.46. The predicted octanol–water partition coefficient (Wildman–Crippen LogP) is 0.655. The lowest BCUT2D eigenvalue weighted by atomic mass is 9.98. The molecule has 0 saturated carbocycles. The first kappa shape index (κ1) is 16.6. The number of Topliss-reactive ketones (excluding diaryl/α,β-unsaturated/α-hetero) is 1. The Labute approximate surface area is 119 Å². The van der Waals surface area contributed by atoms with Crippen molar-refractivity contribution in [3.8, 4) is 0 Å². The first-order valence-corrected chi connectivity index (χ1v) is 7.15. The van der Waals surface area contributed by atoms with Crippen molar-refractivity contribution in [3.63, 3.8) is 0 Å². The van der Waals surface area contributed by atoms with Crippen molar-refractivity contribution in [1.29, 1.82) is 0 Å². The molecule has 1 heterocycles. The van der Waals surface area contributed by atoms with Crippen LogP contribution in [0.5, 0.6) is 0 Å². The quantitative estimate of drug-likeness (QED) is 0.748. The van der Waals surface area contributed by atoms with Crippen LogP contribution in [0, 0.1) is 5.92 Å². The first-order chi connectivity index (χ1) is 9.36. The number of aliphatic carboxylic acids is 1. The number of amides is 1. The maximum atomic E-state index is 12.2. The average Bonchev–Trinajstić information content (AvgIpc) is 2.43. The second kappa shape index (κ2) is 7.38. The lowest BCUT2D eigenvalue weighted by Crippen LogP contribution is -2.53. The predicted molar refractivity (Wildman–Crippen MR) is 74.3 cm³/mol. The Morgan fingerprint density at radius 3 is 2.30 bits per heavy atom. The number of likely N-dealkylation sites (tertiary alicyclic amines) is 1. The van der Waals surface area contributed by atoms with E-state index < -0.39 is 18.1 Å². The number of nitrogens with zero attached hydrogens (tertiary/aromatic N) is 1. The summed E-state index contributed by atoms with van der Waals surface area (Å²) in [7, 11) is 0. The Morgan fingerprint density at radius 2 is 1.85 bits per heavy atom. The Bertz CT molecular complexity index is 373. The Kier molecular flexibility index (Phi) is 6.13. The van der Waals surface area contributed by atoms with Crippen LogP contribution in [0.4, 0.5) is 0 Å². The molecule has 20 heavy (non-hydrogen) atoms. The molecule has 0 radical (unpaired) electrons. The number of piperidine rings is 1. The normalized spacial score (nSPS) is 21.1. The SMILES string of the molecule is CCC(C)C(NC(=O)C(C)N1CCC(=O)CC1)C(=O)O. The monoisotopic (exact) mass is 284 g/mol. The van der Waals surface area contributed by atoms with Crippen LogP contribution in [0.1, 0.15) is 40.0 Å². The molecule has 114 valence electrons. The van der Waals surface area contributed by atoms with Crippen LogP contribution in [-0.4, -0.2) is 52.8 Å². The number of carbonyl (C=O) groups is 3. The summed E-state index contributed by atoms with van der Waals surface area (Å²) in [5, 5.41) is 11.8. The van der Waals surface area contributed by atoms with Gasteiger partial charge in [0.2, 0.25) is 5.91 Å². The van der Waals surface area contributed by atoms with E-state index in [-0.39, 0.29) is 17.6 Å². The molecule has 0 aromatic rings. The van der Waals surface area contributed by atoms with Crippen molar-refractivity contribution in [3.05, 3.63) is 0 Å². The van der Waals surface area contributed by atoms with E-state index in [1.54, 1.807) is 6.92 Å². The smallest absolute Gasteiger partial charge is 0.326 e. The van der Waals surface area contributed by atoms with Gasteiger partial charge in [0.1, 0.15) is 11.8 Å². The molecule has 0 aromatic heterocycles. The number of carbonyl (C=O) groups excluding carboxylic acids is 2. The van der Waals surface area contributed by atoms with Gasteiger partial charge in [-0.05, 0) is 12.8 Å². The molecular formula is C14H24N2O4. The highest BCUT2D eigenvalue weighted by atomic mass is 16.4. The van der Waals surface area contributed by atoms with Crippen molar-refractivity contribution in [2.24, 2.45) is 5.92 Å². The van der Waals surface area contributed by atoms with Crippen LogP contribution in [-0.2, 0) is 14.4 Å². The van der Waals surface area contributed by atoms with Crippen molar-refractivity contribution in [2.45, 2.75) is 52.1 Å². The summed E-state index contributed by atoms with van der Waals surface area (Å²) in [5.74, 6) is -1.19. The zero-order valence-electron chi connectivity index (χ0n) is 12.4. The largest absolute Gasteiger partial charge is 0.480 e. The molecule has 3 unspecified atom stereocenters. The Hall–Kier alpha value is -1.43. The maximum Gasteiger partial charge on any atom is 0.326 e. The molecule has 3 atom stereocenters. The zero-order valence-corrected chi connectivity index (χ0v) is 12.4. The van der Waals surface area contributed by atoms with Gasteiger partial charge >= 0.3 is 5.97 Å². The molecule has 6 nitrogen and oxygen atoms in total. The summed E-state index contributed by atoms with van der Waals surface area (Å²) in [5.41, 5.74) is 0. The summed E-state index contributed by atoms with van der Waals surface area (Å²) < 4.78 is 0. The van der Waals surface area contributed by atoms with E-state index in [0.29, 0.717) is 32.4 Å². The first-order valence-electron chi connectivity index (χ1n) is 7.15. The minimum absolute atomic E-state index is 0.119. The van der Waals surface area contributed by atoms with Crippen molar-refractivity contribution in [1.82, 2.24) is 10.2 Å². The van der Waals surface area contributed by atoms with Crippen LogP contribution in [0.2, 0.25) is 0 Å². The molecule has 1 aliphatic heterocycles. The number of ketones is 1. The van der Waals surface area contributed by atoms with Gasteiger partial charge in [-0.25, -0.2) is 4.79 Å². The van der Waals surface area contributed by atoms with Crippen LogP contribution in [0.15, 0.2) is 0 Å². The fraction of sp³-hybridized carbons (Fsp3) is 0.786. The van der Waals surface area contributed by atoms with Gasteiger partial charge in [0.25, 0.3) is 0 Å². The Morgan fingerprint density at radius 1 is 1.30 bits per heavy atom. The van der Waals surface area contributed by atoms with E-state index in [0.717, 1.165) is 0 Å². The molecule has 1 fully saturated rings. The maximum absolute atomic E-state index is 12.2. The van der Waals surface area contributed by atoms with Crippen LogP contribution < -0.4 is 5.32 Å². The summed E-state index contributed by atoms with van der Waals surface area (Å²) in [6.07, 6.45) is 1.61. The van der Waals surface area contributed by atoms with E-state index in [4.69, 9.17) is 0 Å². The molecule has 6 heteroatoms. The van der Waals surface area contributed by atoms with E-state index >= 15 is 0 Å². The summed E-state index contributed by atoms with van der Waals surface area (Å²) in [6.45, 7) is 6.58. The molecule has 1 amide bonds. The van der Waals surface area contributed by atoms with E-state index in [1.165, 1.54) is 0 Å². The van der Waals surface area contributed by atoms with Gasteiger partial charge in [-0.1, -0.05) is 20.3 Å². The standard InChI is InChI=1S/C14H24N2O4/c1-4-9(2)12(14(19)20)15-13(18)10(3)16-7-5-11(17)6-8-16/h9-10,12H,4-8H2,1-3H3,(H,15,18)(H,19,20). The highest BCUT2D eigenvalue weighted by Gasteiger charge is 2.30. The van der Waals surface area contributed by atoms with Crippen LogP contribution in [0.25, 0.3) is 0 Å². The van der Waals surface area contributed by atoms with Crippen LogP contribution >= 0.6 is 0 Å². The molecule has 0 spiro atoms. The molecule has 2 N–H and O–H groups in total. The van der Waals surface area contributed by atoms with Gasteiger partial charge in [0, 0.05) is 25.9 Å². The van der Waals surface area contributed by atoms with Crippen LogP contribution in [0.3, 0.4) is 0 Å². The number of nitrogens with one attached hydrogen (secondary N) is 1. The van der Waals surface area contributed by atoms with Crippen molar-refractivity contribution >= 4 is 17.7 Å². The highest BCUT2D eigenvalue weighted by Crippen LogP contribution is 2.12. The third-order valence-electron chi connectivity index (χ3n) is 4.06. The number of hydrogen-bond donors (Lipinski definition) is 2. The van der Waals surface area contributed by atoms with Gasteiger partial charge in [-0.2, -0.15) is 0 Å². The highest BCUT2D eigenvalue weighted by molar-refractivity contribution is 5.87. The molecule has 1 aliphatic rings. The lowest BCUT2D eigenvalue weighted by molar-refractivity contribution is -0.144. The molecule has 1 saturated heterocycles. The molecule has 0 bridgehead atoms. The van der Waals surface area contributed by atoms with Crippen molar-refractivity contribution in [2.75, 3.05) is 13.1 Å². The fourth-order valence-corrected chi connectivity index (χ4v) is 2.28. The van der Waals surface area contributed by atoms with E-state index in [2.05, 4.69) is 5.32 Å². The minimum Gasteiger partial charge on any atom is -0.480 e. The number of carboxylic acid groups (broad SMARTS) is 1. The third-order valence-corrected chi connectivity index (χ3v) is 4.06. The van der Waals surface area contributed by atoms with Gasteiger partial charge < -0.3 is 10.4 Å². The topological polar surface area (TPSA) is 86.7 Å². The third kappa shape index (κ3) is 4.30. The number of rotatable bonds is 6. The summed E-state index contributed by atoms with van der Waals surface area (Å²) >= 11 is 0. The molecule has 0 aromatic carbocycles. The minimum atomic E-state index is -1.01. The molecule has 1 rings (SSSR count). The zero-order chi connectivity index (χ0) is 15.3. The average molecular weight is 284 g/mol. The number of hydrogen-bond acceptors (Lipinski definition) is 4. The molecule has 0 aliphatic carbocycles. The molecular weight excluding hydrogens is 260 g/mol. The van der Waals surface area contributed by atoms with Gasteiger partial charge in [0.05, 0.1) is 6.04 Å². The van der Waals surface area contributed by atoms with Crippen molar-refractivity contribution < 1.29 is 19.5 Å². The van der Waals surface area contributed by atoms with E-state index in [9.17, 15) is 19.5 Å².